The van der Waals surface area contributed by atoms with Crippen LogP contribution in [0.5, 0.6) is 0 Å². The van der Waals surface area contributed by atoms with Gasteiger partial charge < -0.3 is 5.73 Å². The smallest absolute Gasteiger partial charge is 0.323 e. The number of hydrogen-bond acceptors (Lipinski definition) is 3. The van der Waals surface area contributed by atoms with Crippen LogP contribution in [0.3, 0.4) is 0 Å². The number of anilines is 1. The molecule has 3 N–H and O–H groups in total. The quantitative estimate of drug-likeness (QED) is 0.484. The van der Waals surface area contributed by atoms with Gasteiger partial charge in [-0.2, -0.15) is 4.99 Å². The van der Waals surface area contributed by atoms with Gasteiger partial charge in [-0.3, -0.25) is 14.9 Å². The predicted octanol–water partition coefficient (Wildman–Crippen LogP) is 1.54. The van der Waals surface area contributed by atoms with E-state index in [1.54, 1.807) is 0 Å². The molecule has 0 saturated carbocycles. The molecule has 1 aromatic carbocycles. The van der Waals surface area contributed by atoms with Gasteiger partial charge in [0.15, 0.2) is 0 Å². The molecule has 0 atom stereocenters. The van der Waals surface area contributed by atoms with Crippen molar-refractivity contribution < 1.29 is 9.59 Å². The van der Waals surface area contributed by atoms with Crippen LogP contribution < -0.4 is 16.0 Å². The number of hydrogen-bond donors (Lipinski definition) is 2. The van der Waals surface area contributed by atoms with Gasteiger partial charge >= 0.3 is 11.8 Å². The van der Waals surface area contributed by atoms with Crippen LogP contribution in [0.2, 0.25) is 10.0 Å². The van der Waals surface area contributed by atoms with Gasteiger partial charge in [0.25, 0.3) is 0 Å². The van der Waals surface area contributed by atoms with Crippen molar-refractivity contribution >= 4 is 52.6 Å². The second-order valence-corrected chi connectivity index (χ2v) is 5.52. The SMILES string of the molecule is CC(C)N=C(N)N=C1NC(=O)C(=O)N1c1ccc(Cl)c(Cl)c1. The minimum Gasteiger partial charge on any atom is -0.368 e. The highest BCUT2D eigenvalue weighted by molar-refractivity contribution is 6.54. The van der Waals surface area contributed by atoms with E-state index in [1.165, 1.54) is 18.2 Å². The van der Waals surface area contributed by atoms with Crippen molar-refractivity contribution in [3.63, 3.8) is 0 Å². The Kier molecular flexibility index (Phi) is 4.68. The summed E-state index contributed by atoms with van der Waals surface area (Å²) in [4.78, 5) is 32.6. The highest BCUT2D eigenvalue weighted by Gasteiger charge is 2.36. The average Bonchev–Trinajstić information content (AvgIpc) is 2.67. The number of aliphatic imine (C=N–C) groups is 2. The Bertz CT molecular complexity index is 700. The number of rotatable bonds is 2. The second kappa shape index (κ2) is 6.33. The van der Waals surface area contributed by atoms with Gasteiger partial charge in [-0.1, -0.05) is 23.2 Å². The summed E-state index contributed by atoms with van der Waals surface area (Å²) < 4.78 is 0. The summed E-state index contributed by atoms with van der Waals surface area (Å²) >= 11 is 11.8. The Morgan fingerprint density at radius 3 is 2.55 bits per heavy atom. The number of benzene rings is 1. The third-order valence-electron chi connectivity index (χ3n) is 2.61. The lowest BCUT2D eigenvalue weighted by Crippen LogP contribution is -2.34. The zero-order valence-corrected chi connectivity index (χ0v) is 13.3. The highest BCUT2D eigenvalue weighted by Crippen LogP contribution is 2.28. The highest BCUT2D eigenvalue weighted by atomic mass is 35.5. The Hall–Kier alpha value is -2.12. The van der Waals surface area contributed by atoms with Crippen molar-refractivity contribution in [1.82, 2.24) is 5.32 Å². The van der Waals surface area contributed by atoms with E-state index in [1.807, 2.05) is 13.8 Å². The fraction of sp³-hybridized carbons (Fsp3) is 0.231. The van der Waals surface area contributed by atoms with E-state index in [2.05, 4.69) is 15.3 Å². The molecule has 2 rings (SSSR count). The van der Waals surface area contributed by atoms with E-state index in [4.69, 9.17) is 28.9 Å². The van der Waals surface area contributed by atoms with Gasteiger partial charge in [0.05, 0.1) is 15.7 Å². The maximum Gasteiger partial charge on any atom is 0.323 e. The van der Waals surface area contributed by atoms with Gasteiger partial charge in [-0.05, 0) is 32.0 Å². The molecule has 2 amide bonds. The molecular formula is C13H13Cl2N5O2. The number of amides is 2. The van der Waals surface area contributed by atoms with Gasteiger partial charge in [0.1, 0.15) is 0 Å². The topological polar surface area (TPSA) is 100 Å². The van der Waals surface area contributed by atoms with Crippen LogP contribution in [0.15, 0.2) is 28.2 Å². The van der Waals surface area contributed by atoms with E-state index in [-0.39, 0.29) is 23.0 Å². The molecule has 0 aliphatic carbocycles. The number of nitrogens with one attached hydrogen (secondary N) is 1. The molecule has 0 aromatic heterocycles. The second-order valence-electron chi connectivity index (χ2n) is 4.71. The summed E-state index contributed by atoms with van der Waals surface area (Å²) in [6.45, 7) is 3.64. The molecule has 0 spiro atoms. The lowest BCUT2D eigenvalue weighted by atomic mass is 10.3. The molecule has 1 saturated heterocycles. The Morgan fingerprint density at radius 1 is 1.27 bits per heavy atom. The molecule has 1 aliphatic heterocycles. The zero-order chi connectivity index (χ0) is 16.4. The summed E-state index contributed by atoms with van der Waals surface area (Å²) in [6, 6.07) is 4.43. The summed E-state index contributed by atoms with van der Waals surface area (Å²) in [5, 5.41) is 2.92. The fourth-order valence-corrected chi connectivity index (χ4v) is 2.04. The van der Waals surface area contributed by atoms with E-state index >= 15 is 0 Å². The van der Waals surface area contributed by atoms with Crippen LogP contribution in [-0.2, 0) is 9.59 Å². The first-order chi connectivity index (χ1) is 10.3. The van der Waals surface area contributed by atoms with E-state index in [0.717, 1.165) is 4.90 Å². The summed E-state index contributed by atoms with van der Waals surface area (Å²) in [6.07, 6.45) is 0. The van der Waals surface area contributed by atoms with E-state index in [9.17, 15) is 9.59 Å². The van der Waals surface area contributed by atoms with Crippen molar-refractivity contribution in [3.05, 3.63) is 28.2 Å². The van der Waals surface area contributed by atoms with Crippen LogP contribution in [-0.4, -0.2) is 29.8 Å². The summed E-state index contributed by atoms with van der Waals surface area (Å²) in [5.74, 6) is -1.70. The van der Waals surface area contributed by atoms with Gasteiger partial charge in [-0.25, -0.2) is 9.89 Å². The van der Waals surface area contributed by atoms with Crippen LogP contribution in [0, 0.1) is 0 Å². The van der Waals surface area contributed by atoms with Crippen LogP contribution in [0.1, 0.15) is 13.8 Å². The number of guanidine groups is 2. The van der Waals surface area contributed by atoms with Crippen molar-refractivity contribution in [1.29, 1.82) is 0 Å². The normalized spacial score (nSPS) is 17.6. The molecule has 1 fully saturated rings. The first kappa shape index (κ1) is 16.3. The molecule has 9 heteroatoms. The molecule has 1 aromatic rings. The van der Waals surface area contributed by atoms with Crippen molar-refractivity contribution in [2.45, 2.75) is 19.9 Å². The number of nitrogens with zero attached hydrogens (tertiary/aromatic N) is 3. The molecule has 0 radical (unpaired) electrons. The Labute approximate surface area is 136 Å². The van der Waals surface area contributed by atoms with Gasteiger partial charge in [0.2, 0.25) is 11.9 Å². The predicted molar refractivity (Wildman–Crippen MR) is 86.3 cm³/mol. The van der Waals surface area contributed by atoms with E-state index in [0.29, 0.717) is 10.7 Å². The third-order valence-corrected chi connectivity index (χ3v) is 3.35. The minimum atomic E-state index is -0.817. The largest absolute Gasteiger partial charge is 0.368 e. The summed E-state index contributed by atoms with van der Waals surface area (Å²) in [5.41, 5.74) is 6.01. The molecule has 0 unspecified atom stereocenters. The third kappa shape index (κ3) is 3.37. The van der Waals surface area contributed by atoms with Gasteiger partial charge in [0, 0.05) is 6.04 Å². The standard InChI is InChI=1S/C13H13Cl2N5O2/c1-6(2)17-12(16)19-13-18-10(21)11(22)20(13)7-3-4-8(14)9(15)5-7/h3-6H,1-2H3,(H3,16,17,18,19,21). The van der Waals surface area contributed by atoms with Crippen molar-refractivity contribution in [3.8, 4) is 0 Å². The monoisotopic (exact) mass is 341 g/mol. The summed E-state index contributed by atoms with van der Waals surface area (Å²) in [7, 11) is 0. The number of carbonyl (C=O) groups is 2. The van der Waals surface area contributed by atoms with Crippen LogP contribution in [0.25, 0.3) is 0 Å². The first-order valence-electron chi connectivity index (χ1n) is 6.32. The minimum absolute atomic E-state index is 0.0321. The maximum absolute atomic E-state index is 12.0. The molecule has 116 valence electrons. The number of carbonyl (C=O) groups excluding carboxylic acids is 2. The molecule has 22 heavy (non-hydrogen) atoms. The average molecular weight is 342 g/mol. The van der Waals surface area contributed by atoms with Crippen LogP contribution >= 0.6 is 23.2 Å². The Balaban J connectivity index is 2.45. The van der Waals surface area contributed by atoms with Crippen molar-refractivity contribution in [2.24, 2.45) is 15.7 Å². The molecule has 0 bridgehead atoms. The number of nitrogens with two attached hydrogens (primary N) is 1. The van der Waals surface area contributed by atoms with Gasteiger partial charge in [-0.15, -0.1) is 0 Å². The molecule has 1 heterocycles. The maximum atomic E-state index is 12.0. The first-order valence-corrected chi connectivity index (χ1v) is 7.07. The lowest BCUT2D eigenvalue weighted by Gasteiger charge is -2.15. The zero-order valence-electron chi connectivity index (χ0n) is 11.8. The molecular weight excluding hydrogens is 329 g/mol. The molecule has 7 nitrogen and oxygen atoms in total. The molecule has 1 aliphatic rings. The van der Waals surface area contributed by atoms with E-state index < -0.39 is 11.8 Å². The van der Waals surface area contributed by atoms with Crippen molar-refractivity contribution in [2.75, 3.05) is 4.90 Å². The Morgan fingerprint density at radius 2 is 1.95 bits per heavy atom. The lowest BCUT2D eigenvalue weighted by molar-refractivity contribution is -0.134. The fourth-order valence-electron chi connectivity index (χ4n) is 1.75. The number of halogens is 2. The van der Waals surface area contributed by atoms with Crippen LogP contribution in [0.4, 0.5) is 5.69 Å².